The maximum atomic E-state index is 12.1. The summed E-state index contributed by atoms with van der Waals surface area (Å²) < 4.78 is 5.71. The molecule has 0 saturated carbocycles. The predicted octanol–water partition coefficient (Wildman–Crippen LogP) is 1.41. The SMILES string of the molecule is O=C1CC(CS)CN1C1CCN(CC2CCCO2)CC1. The van der Waals surface area contributed by atoms with E-state index in [1.165, 1.54) is 12.8 Å². The maximum absolute atomic E-state index is 12.1. The van der Waals surface area contributed by atoms with Crippen LogP contribution in [0, 0.1) is 5.92 Å². The third kappa shape index (κ3) is 3.31. The van der Waals surface area contributed by atoms with E-state index >= 15 is 0 Å². The number of nitrogens with zero attached hydrogens (tertiary/aromatic N) is 2. The zero-order valence-electron chi connectivity index (χ0n) is 12.2. The van der Waals surface area contributed by atoms with Crippen molar-refractivity contribution in [3.63, 3.8) is 0 Å². The number of hydrogen-bond donors (Lipinski definition) is 1. The molecule has 3 aliphatic rings. The normalized spacial score (nSPS) is 33.2. The topological polar surface area (TPSA) is 32.8 Å². The van der Waals surface area contributed by atoms with Crippen molar-refractivity contribution in [2.75, 3.05) is 38.5 Å². The molecule has 20 heavy (non-hydrogen) atoms. The number of ether oxygens (including phenoxy) is 1. The lowest BCUT2D eigenvalue weighted by molar-refractivity contribution is -0.130. The first-order valence-corrected chi connectivity index (χ1v) is 8.64. The smallest absolute Gasteiger partial charge is 0.223 e. The zero-order chi connectivity index (χ0) is 13.9. The lowest BCUT2D eigenvalue weighted by Gasteiger charge is -2.37. The Morgan fingerprint density at radius 3 is 2.65 bits per heavy atom. The lowest BCUT2D eigenvalue weighted by Crippen LogP contribution is -2.47. The van der Waals surface area contributed by atoms with Crippen molar-refractivity contribution in [3.05, 3.63) is 0 Å². The van der Waals surface area contributed by atoms with Crippen molar-refractivity contribution in [2.24, 2.45) is 5.92 Å². The summed E-state index contributed by atoms with van der Waals surface area (Å²) in [5.74, 6) is 1.65. The Morgan fingerprint density at radius 1 is 1.25 bits per heavy atom. The monoisotopic (exact) mass is 298 g/mol. The van der Waals surface area contributed by atoms with Gasteiger partial charge in [0.15, 0.2) is 0 Å². The first-order chi connectivity index (χ1) is 9.76. The first kappa shape index (κ1) is 14.7. The van der Waals surface area contributed by atoms with Crippen LogP contribution in [0.4, 0.5) is 0 Å². The number of carbonyl (C=O) groups excluding carboxylic acids is 1. The molecule has 0 aromatic heterocycles. The number of amides is 1. The number of thiol groups is 1. The summed E-state index contributed by atoms with van der Waals surface area (Å²) in [6, 6.07) is 0.466. The number of likely N-dealkylation sites (tertiary alicyclic amines) is 2. The van der Waals surface area contributed by atoms with Crippen molar-refractivity contribution >= 4 is 18.5 Å². The van der Waals surface area contributed by atoms with Crippen LogP contribution in [-0.2, 0) is 9.53 Å². The van der Waals surface area contributed by atoms with Gasteiger partial charge in [0, 0.05) is 45.2 Å². The van der Waals surface area contributed by atoms with E-state index < -0.39 is 0 Å². The molecule has 0 aromatic carbocycles. The highest BCUT2D eigenvalue weighted by Crippen LogP contribution is 2.26. The highest BCUT2D eigenvalue weighted by Gasteiger charge is 2.35. The van der Waals surface area contributed by atoms with E-state index in [1.807, 2.05) is 0 Å². The molecule has 0 spiro atoms. The predicted molar refractivity (Wildman–Crippen MR) is 82.1 cm³/mol. The molecule has 5 heteroatoms. The average molecular weight is 298 g/mol. The summed E-state index contributed by atoms with van der Waals surface area (Å²) in [6.07, 6.45) is 5.84. The minimum absolute atomic E-state index is 0.349. The van der Waals surface area contributed by atoms with E-state index in [9.17, 15) is 4.79 Å². The standard InChI is InChI=1S/C15H26N2O2S/c18-15-8-12(11-20)9-17(15)13-3-5-16(6-4-13)10-14-2-1-7-19-14/h12-14,20H,1-11H2. The highest BCUT2D eigenvalue weighted by molar-refractivity contribution is 7.80. The van der Waals surface area contributed by atoms with Gasteiger partial charge in [-0.3, -0.25) is 4.79 Å². The van der Waals surface area contributed by atoms with Crippen molar-refractivity contribution in [3.8, 4) is 0 Å². The van der Waals surface area contributed by atoms with Gasteiger partial charge in [0.25, 0.3) is 0 Å². The van der Waals surface area contributed by atoms with E-state index in [0.717, 1.165) is 51.4 Å². The molecule has 3 aliphatic heterocycles. The molecule has 2 unspecified atom stereocenters. The molecule has 4 nitrogen and oxygen atoms in total. The molecular formula is C15H26N2O2S. The Kier molecular flexibility index (Phi) is 4.89. The molecule has 2 atom stereocenters. The van der Waals surface area contributed by atoms with Crippen LogP contribution in [-0.4, -0.2) is 66.4 Å². The molecule has 114 valence electrons. The Labute approximate surface area is 127 Å². The van der Waals surface area contributed by atoms with Gasteiger partial charge in [0.2, 0.25) is 5.91 Å². The molecule has 1 amide bonds. The fraction of sp³-hybridized carbons (Fsp3) is 0.933. The van der Waals surface area contributed by atoms with Crippen LogP contribution in [0.25, 0.3) is 0 Å². The van der Waals surface area contributed by atoms with Gasteiger partial charge in [-0.1, -0.05) is 0 Å². The van der Waals surface area contributed by atoms with Crippen molar-refractivity contribution in [1.82, 2.24) is 9.80 Å². The summed E-state index contributed by atoms with van der Waals surface area (Å²) in [5.41, 5.74) is 0. The number of piperidine rings is 1. The van der Waals surface area contributed by atoms with Gasteiger partial charge >= 0.3 is 0 Å². The van der Waals surface area contributed by atoms with E-state index in [-0.39, 0.29) is 0 Å². The number of rotatable bonds is 4. The van der Waals surface area contributed by atoms with Gasteiger partial charge in [0.1, 0.15) is 0 Å². The lowest BCUT2D eigenvalue weighted by atomic mass is 10.0. The quantitative estimate of drug-likeness (QED) is 0.797. The summed E-state index contributed by atoms with van der Waals surface area (Å²) >= 11 is 4.34. The van der Waals surface area contributed by atoms with Crippen LogP contribution in [0.2, 0.25) is 0 Å². The van der Waals surface area contributed by atoms with Gasteiger partial charge < -0.3 is 14.5 Å². The van der Waals surface area contributed by atoms with E-state index in [1.54, 1.807) is 0 Å². The molecule has 0 radical (unpaired) electrons. The third-order valence-corrected chi connectivity index (χ3v) is 5.50. The Balaban J connectivity index is 1.45. The second-order valence-electron chi connectivity index (χ2n) is 6.47. The van der Waals surface area contributed by atoms with Gasteiger partial charge in [-0.15, -0.1) is 0 Å². The molecule has 0 aromatic rings. The van der Waals surface area contributed by atoms with E-state index in [4.69, 9.17) is 4.74 Å². The Bertz CT molecular complexity index is 339. The van der Waals surface area contributed by atoms with Crippen LogP contribution in [0.3, 0.4) is 0 Å². The third-order valence-electron chi connectivity index (χ3n) is 4.98. The molecule has 3 rings (SSSR count). The molecule has 3 fully saturated rings. The molecular weight excluding hydrogens is 272 g/mol. The molecule has 3 saturated heterocycles. The second kappa shape index (κ2) is 6.67. The number of carbonyl (C=O) groups is 1. The molecule has 3 heterocycles. The van der Waals surface area contributed by atoms with Gasteiger partial charge in [-0.05, 0) is 37.4 Å². The van der Waals surface area contributed by atoms with Crippen LogP contribution < -0.4 is 0 Å². The van der Waals surface area contributed by atoms with E-state index in [2.05, 4.69) is 22.4 Å². The largest absolute Gasteiger partial charge is 0.377 e. The fourth-order valence-corrected chi connectivity index (χ4v) is 4.02. The summed E-state index contributed by atoms with van der Waals surface area (Å²) in [7, 11) is 0. The van der Waals surface area contributed by atoms with Crippen LogP contribution in [0.1, 0.15) is 32.1 Å². The number of hydrogen-bond acceptors (Lipinski definition) is 4. The first-order valence-electron chi connectivity index (χ1n) is 8.00. The maximum Gasteiger partial charge on any atom is 0.223 e. The van der Waals surface area contributed by atoms with Crippen LogP contribution in [0.5, 0.6) is 0 Å². The van der Waals surface area contributed by atoms with Crippen LogP contribution in [0.15, 0.2) is 0 Å². The average Bonchev–Trinajstić information content (AvgIpc) is 3.09. The molecule has 0 aliphatic carbocycles. The summed E-state index contributed by atoms with van der Waals surface area (Å²) in [5, 5.41) is 0. The van der Waals surface area contributed by atoms with Crippen molar-refractivity contribution < 1.29 is 9.53 Å². The molecule has 0 bridgehead atoms. The van der Waals surface area contributed by atoms with E-state index in [0.29, 0.717) is 30.4 Å². The van der Waals surface area contributed by atoms with Gasteiger partial charge in [-0.25, -0.2) is 0 Å². The van der Waals surface area contributed by atoms with Crippen LogP contribution >= 0.6 is 12.6 Å². The highest BCUT2D eigenvalue weighted by atomic mass is 32.1. The van der Waals surface area contributed by atoms with Gasteiger partial charge in [0.05, 0.1) is 6.10 Å². The summed E-state index contributed by atoms with van der Waals surface area (Å²) in [6.45, 7) is 5.17. The molecule has 0 N–H and O–H groups in total. The Morgan fingerprint density at radius 2 is 2.05 bits per heavy atom. The zero-order valence-corrected chi connectivity index (χ0v) is 13.1. The summed E-state index contributed by atoms with van der Waals surface area (Å²) in [4.78, 5) is 16.7. The Hall–Kier alpha value is -0.260. The fourth-order valence-electron chi connectivity index (χ4n) is 3.77. The minimum atomic E-state index is 0.349. The van der Waals surface area contributed by atoms with Crippen molar-refractivity contribution in [1.29, 1.82) is 0 Å². The van der Waals surface area contributed by atoms with Gasteiger partial charge in [-0.2, -0.15) is 12.6 Å². The minimum Gasteiger partial charge on any atom is -0.377 e. The van der Waals surface area contributed by atoms with Crippen molar-refractivity contribution in [2.45, 2.75) is 44.2 Å². The second-order valence-corrected chi connectivity index (χ2v) is 6.83.